The number of piperidine rings is 1. The van der Waals surface area contributed by atoms with Crippen LogP contribution in [0.2, 0.25) is 0 Å². The number of urea groups is 1. The topological polar surface area (TPSA) is 55.9 Å². The fraction of sp³-hybridized carbons (Fsp3) is 0.676. The highest BCUT2D eigenvalue weighted by Gasteiger charge is 2.44. The second-order valence-corrected chi connectivity index (χ2v) is 13.5. The maximum absolute atomic E-state index is 13.9. The number of carbonyl (C=O) groups is 2. The Kier molecular flexibility index (Phi) is 16.2. The monoisotopic (exact) mass is 702 g/mol. The van der Waals surface area contributed by atoms with Crippen molar-refractivity contribution < 1.29 is 35.9 Å². The predicted molar refractivity (Wildman–Crippen MR) is 183 cm³/mol. The van der Waals surface area contributed by atoms with Crippen molar-refractivity contribution >= 4 is 11.9 Å². The summed E-state index contributed by atoms with van der Waals surface area (Å²) in [4.78, 5) is 30.9. The molecule has 2 rings (SSSR count). The van der Waals surface area contributed by atoms with E-state index < -0.39 is 36.3 Å². The molecule has 3 unspecified atom stereocenters. The predicted octanol–water partition coefficient (Wildman–Crippen LogP) is 8.42. The molecule has 0 aliphatic carbocycles. The highest BCUT2D eigenvalue weighted by Crippen LogP contribution is 2.39. The lowest BCUT2D eigenvalue weighted by Gasteiger charge is -2.40. The Morgan fingerprint density at radius 3 is 2.18 bits per heavy atom. The third-order valence-electron chi connectivity index (χ3n) is 10.4. The SMILES string of the molecule is C/C=C(\C(C)C(/C=C/C(F)(F)F)C(F)(F)F)[C@@H](C)N(C)C(=O)NCC[C@H](CN(CC)C1CCN(C(C)=O)CC1)C(C)Cc1ccccc1C. The number of likely N-dealkylation sites (N-methyl/N-ethyl adjacent to an activating group) is 1. The van der Waals surface area contributed by atoms with Gasteiger partial charge in [-0.3, -0.25) is 4.79 Å². The maximum atomic E-state index is 13.9. The van der Waals surface area contributed by atoms with Crippen LogP contribution in [0.15, 0.2) is 48.1 Å². The molecule has 3 amide bonds. The highest BCUT2D eigenvalue weighted by atomic mass is 19.4. The fourth-order valence-electron chi connectivity index (χ4n) is 7.04. The summed E-state index contributed by atoms with van der Waals surface area (Å²) in [6.45, 7) is 15.9. The van der Waals surface area contributed by atoms with Crippen LogP contribution in [0.3, 0.4) is 0 Å². The number of hydrogen-bond donors (Lipinski definition) is 1. The Balaban J connectivity index is 2.16. The van der Waals surface area contributed by atoms with E-state index in [1.54, 1.807) is 13.8 Å². The molecule has 1 heterocycles. The first-order valence-electron chi connectivity index (χ1n) is 17.3. The normalized spacial score (nSPS) is 18.3. The standard InChI is InChI=1S/C37H56F6N4O2/c1-9-33(27(5)34(37(41,42)43)15-19-36(38,39)40)28(6)45(8)35(49)44-20-16-31(26(4)23-30-14-12-11-13-25(30)3)24-46(10-2)32-17-21-47(22-18-32)29(7)48/h9,11-15,19,26-28,31-32,34H,10,16-18,20-24H2,1-8H3,(H,44,49)/b19-15+,33-9+/t26?,27?,28-,31-,34?/m1/s1. The lowest BCUT2D eigenvalue weighted by atomic mass is 9.82. The molecule has 0 spiro atoms. The van der Waals surface area contributed by atoms with E-state index in [0.29, 0.717) is 19.0 Å². The maximum Gasteiger partial charge on any atom is 0.409 e. The van der Waals surface area contributed by atoms with E-state index in [9.17, 15) is 35.9 Å². The minimum absolute atomic E-state index is 0.0933. The van der Waals surface area contributed by atoms with Crippen molar-refractivity contribution in [2.24, 2.45) is 23.7 Å². The molecule has 278 valence electrons. The van der Waals surface area contributed by atoms with Gasteiger partial charge in [0.05, 0.1) is 12.0 Å². The third kappa shape index (κ3) is 13.0. The molecule has 1 N–H and O–H groups in total. The van der Waals surface area contributed by atoms with Gasteiger partial charge in [-0.05, 0) is 87.5 Å². The first-order chi connectivity index (χ1) is 22.8. The fourth-order valence-corrected chi connectivity index (χ4v) is 7.04. The van der Waals surface area contributed by atoms with Crippen LogP contribution in [0.5, 0.6) is 0 Å². The molecule has 0 radical (unpaired) electrons. The van der Waals surface area contributed by atoms with Crippen LogP contribution in [0.25, 0.3) is 0 Å². The van der Waals surface area contributed by atoms with E-state index in [-0.39, 0.29) is 35.5 Å². The Labute approximate surface area is 289 Å². The van der Waals surface area contributed by atoms with Crippen LogP contribution in [0, 0.1) is 30.6 Å². The van der Waals surface area contributed by atoms with Gasteiger partial charge < -0.3 is 20.0 Å². The number of nitrogens with one attached hydrogen (secondary N) is 1. The summed E-state index contributed by atoms with van der Waals surface area (Å²) in [6.07, 6.45) is -5.20. The van der Waals surface area contributed by atoms with Crippen molar-refractivity contribution in [3.8, 4) is 0 Å². The molecule has 1 aliphatic heterocycles. The molecular formula is C37H56F6N4O2. The van der Waals surface area contributed by atoms with E-state index in [4.69, 9.17) is 0 Å². The number of carbonyl (C=O) groups excluding carboxylic acids is 2. The lowest BCUT2D eigenvalue weighted by Crippen LogP contribution is -2.48. The summed E-state index contributed by atoms with van der Waals surface area (Å²) in [5, 5.41) is 2.95. The smallest absolute Gasteiger partial charge is 0.343 e. The largest absolute Gasteiger partial charge is 0.409 e. The van der Waals surface area contributed by atoms with Crippen LogP contribution >= 0.6 is 0 Å². The van der Waals surface area contributed by atoms with Crippen molar-refractivity contribution in [1.82, 2.24) is 20.0 Å². The second-order valence-electron chi connectivity index (χ2n) is 13.5. The molecule has 0 aromatic heterocycles. The molecule has 12 heteroatoms. The average Bonchev–Trinajstić information content (AvgIpc) is 3.02. The van der Waals surface area contributed by atoms with Gasteiger partial charge in [-0.2, -0.15) is 26.3 Å². The number of hydrogen-bond acceptors (Lipinski definition) is 3. The molecule has 1 aliphatic rings. The summed E-state index contributed by atoms with van der Waals surface area (Å²) < 4.78 is 79.9. The number of benzene rings is 1. The van der Waals surface area contributed by atoms with Crippen LogP contribution < -0.4 is 5.32 Å². The van der Waals surface area contributed by atoms with Crippen molar-refractivity contribution in [2.45, 2.75) is 98.6 Å². The number of aryl methyl sites for hydroxylation is 1. The molecule has 1 fully saturated rings. The van der Waals surface area contributed by atoms with Crippen molar-refractivity contribution in [3.05, 3.63) is 59.2 Å². The summed E-state index contributed by atoms with van der Waals surface area (Å²) in [7, 11) is 1.48. The number of halogens is 6. The number of alkyl halides is 6. The van der Waals surface area contributed by atoms with Gasteiger partial charge in [0.2, 0.25) is 5.91 Å². The molecular weight excluding hydrogens is 646 g/mol. The molecule has 1 aromatic carbocycles. The number of likely N-dealkylation sites (tertiary alicyclic amines) is 1. The van der Waals surface area contributed by atoms with Crippen LogP contribution in [0.4, 0.5) is 31.1 Å². The Morgan fingerprint density at radius 2 is 1.67 bits per heavy atom. The molecule has 5 atom stereocenters. The number of nitrogens with zero attached hydrogens (tertiary/aromatic N) is 3. The van der Waals surface area contributed by atoms with Crippen LogP contribution in [-0.2, 0) is 11.2 Å². The van der Waals surface area contributed by atoms with E-state index in [1.807, 2.05) is 17.0 Å². The molecule has 1 aromatic rings. The molecule has 0 saturated carbocycles. The minimum Gasteiger partial charge on any atom is -0.343 e. The van der Waals surface area contributed by atoms with E-state index in [0.717, 1.165) is 45.4 Å². The number of amides is 3. The first kappa shape index (κ1) is 42.1. The quantitative estimate of drug-likeness (QED) is 0.148. The van der Waals surface area contributed by atoms with Crippen LogP contribution in [-0.4, -0.2) is 90.8 Å². The van der Waals surface area contributed by atoms with Gasteiger partial charge in [-0.15, -0.1) is 0 Å². The molecule has 1 saturated heterocycles. The Morgan fingerprint density at radius 1 is 1.06 bits per heavy atom. The number of rotatable bonds is 15. The van der Waals surface area contributed by atoms with E-state index >= 15 is 0 Å². The van der Waals surface area contributed by atoms with Gasteiger partial charge in [0.1, 0.15) is 0 Å². The number of allylic oxidation sites excluding steroid dienone is 3. The van der Waals surface area contributed by atoms with Gasteiger partial charge >= 0.3 is 18.4 Å². The zero-order valence-electron chi connectivity index (χ0n) is 30.3. The highest BCUT2D eigenvalue weighted by molar-refractivity contribution is 5.74. The Bertz CT molecular complexity index is 1260. The first-order valence-corrected chi connectivity index (χ1v) is 17.3. The van der Waals surface area contributed by atoms with E-state index in [2.05, 4.69) is 43.1 Å². The summed E-state index contributed by atoms with van der Waals surface area (Å²) in [5.74, 6) is -3.11. The zero-order chi connectivity index (χ0) is 37.1. The van der Waals surface area contributed by atoms with Gasteiger partial charge in [-0.1, -0.05) is 57.2 Å². The second kappa shape index (κ2) is 18.8. The Hall–Kier alpha value is -3.02. The molecule has 0 bridgehead atoms. The van der Waals surface area contributed by atoms with Gasteiger partial charge in [0.15, 0.2) is 0 Å². The summed E-state index contributed by atoms with van der Waals surface area (Å²) >= 11 is 0. The van der Waals surface area contributed by atoms with Gasteiger partial charge in [0, 0.05) is 52.3 Å². The average molecular weight is 703 g/mol. The van der Waals surface area contributed by atoms with Crippen molar-refractivity contribution in [1.29, 1.82) is 0 Å². The van der Waals surface area contributed by atoms with Crippen molar-refractivity contribution in [3.63, 3.8) is 0 Å². The van der Waals surface area contributed by atoms with E-state index in [1.165, 1.54) is 43.0 Å². The zero-order valence-corrected chi connectivity index (χ0v) is 30.3. The van der Waals surface area contributed by atoms with Gasteiger partial charge in [0.25, 0.3) is 0 Å². The summed E-state index contributed by atoms with van der Waals surface area (Å²) in [6, 6.07) is 7.37. The van der Waals surface area contributed by atoms with Gasteiger partial charge in [-0.25, -0.2) is 4.79 Å². The lowest BCUT2D eigenvalue weighted by molar-refractivity contribution is -0.170. The minimum atomic E-state index is -4.91. The third-order valence-corrected chi connectivity index (χ3v) is 10.4. The summed E-state index contributed by atoms with van der Waals surface area (Å²) in [5.41, 5.74) is 2.70. The van der Waals surface area contributed by atoms with Crippen LogP contribution in [0.1, 0.15) is 71.9 Å². The molecule has 6 nitrogen and oxygen atoms in total. The molecule has 49 heavy (non-hydrogen) atoms. The van der Waals surface area contributed by atoms with Crippen molar-refractivity contribution in [2.75, 3.05) is 39.8 Å².